The van der Waals surface area contributed by atoms with Crippen molar-refractivity contribution in [2.75, 3.05) is 19.5 Å². The monoisotopic (exact) mass is 334 g/mol. The molecule has 1 aromatic carbocycles. The molecule has 0 heterocycles. The summed E-state index contributed by atoms with van der Waals surface area (Å²) in [6.45, 7) is 1.83. The van der Waals surface area contributed by atoms with Crippen LogP contribution in [0.3, 0.4) is 0 Å². The second-order valence-corrected chi connectivity index (χ2v) is 5.85. The molecular formula is C17H22N2O5. The molecule has 2 rings (SSSR count). The highest BCUT2D eigenvalue weighted by Gasteiger charge is 2.31. The summed E-state index contributed by atoms with van der Waals surface area (Å²) < 4.78 is 9.41. The minimum Gasteiger partial charge on any atom is -0.469 e. The van der Waals surface area contributed by atoms with Crippen LogP contribution in [0.4, 0.5) is 10.5 Å². The molecule has 7 heteroatoms. The van der Waals surface area contributed by atoms with E-state index in [1.807, 2.05) is 6.92 Å². The molecule has 1 aliphatic carbocycles. The first-order valence-corrected chi connectivity index (χ1v) is 7.79. The Balaban J connectivity index is 1.95. The summed E-state index contributed by atoms with van der Waals surface area (Å²) >= 11 is 0. The predicted octanol–water partition coefficient (Wildman–Crippen LogP) is 2.24. The maximum Gasteiger partial charge on any atom is 0.337 e. The molecule has 0 saturated heterocycles. The van der Waals surface area contributed by atoms with Crippen LogP contribution in [0.2, 0.25) is 0 Å². The second kappa shape index (κ2) is 7.81. The molecule has 1 saturated carbocycles. The Hall–Kier alpha value is -2.57. The third-order valence-electron chi connectivity index (χ3n) is 4.21. The second-order valence-electron chi connectivity index (χ2n) is 5.85. The number of amides is 2. The number of rotatable bonds is 4. The third-order valence-corrected chi connectivity index (χ3v) is 4.21. The van der Waals surface area contributed by atoms with E-state index in [1.54, 1.807) is 18.2 Å². The third kappa shape index (κ3) is 4.24. The first kappa shape index (κ1) is 17.8. The van der Waals surface area contributed by atoms with Gasteiger partial charge in [0.05, 0.1) is 25.7 Å². The van der Waals surface area contributed by atoms with Crippen molar-refractivity contribution in [3.63, 3.8) is 0 Å². The van der Waals surface area contributed by atoms with Crippen molar-refractivity contribution < 1.29 is 23.9 Å². The van der Waals surface area contributed by atoms with Gasteiger partial charge >= 0.3 is 18.0 Å². The fourth-order valence-corrected chi connectivity index (χ4v) is 2.84. The van der Waals surface area contributed by atoms with E-state index in [1.165, 1.54) is 14.2 Å². The number of aryl methyl sites for hydroxylation is 1. The molecule has 2 amide bonds. The van der Waals surface area contributed by atoms with E-state index in [4.69, 9.17) is 4.74 Å². The van der Waals surface area contributed by atoms with Crippen molar-refractivity contribution in [3.8, 4) is 0 Å². The molecule has 0 spiro atoms. The SMILES string of the molecule is COC(=O)c1ccc(C)c(NC(=O)N[C@@H]2CC[C@H](C(=O)OC)C2)c1. The lowest BCUT2D eigenvalue weighted by atomic mass is 10.1. The Morgan fingerprint density at radius 2 is 1.88 bits per heavy atom. The number of carbonyl (C=O) groups is 3. The molecule has 1 aromatic rings. The highest BCUT2D eigenvalue weighted by Crippen LogP contribution is 2.26. The molecular weight excluding hydrogens is 312 g/mol. The molecule has 0 aromatic heterocycles. The Labute approximate surface area is 140 Å². The van der Waals surface area contributed by atoms with Crippen molar-refractivity contribution in [1.82, 2.24) is 5.32 Å². The molecule has 1 fully saturated rings. The summed E-state index contributed by atoms with van der Waals surface area (Å²) in [5.41, 5.74) is 1.74. The molecule has 24 heavy (non-hydrogen) atoms. The van der Waals surface area contributed by atoms with Gasteiger partial charge in [0.25, 0.3) is 0 Å². The highest BCUT2D eigenvalue weighted by molar-refractivity contribution is 5.94. The van der Waals surface area contributed by atoms with Crippen LogP contribution in [-0.4, -0.2) is 38.2 Å². The van der Waals surface area contributed by atoms with Crippen LogP contribution in [0, 0.1) is 12.8 Å². The number of anilines is 1. The molecule has 1 aliphatic rings. The van der Waals surface area contributed by atoms with E-state index >= 15 is 0 Å². The Morgan fingerprint density at radius 1 is 1.12 bits per heavy atom. The number of urea groups is 1. The van der Waals surface area contributed by atoms with Gasteiger partial charge in [0.1, 0.15) is 0 Å². The van der Waals surface area contributed by atoms with Crippen molar-refractivity contribution in [3.05, 3.63) is 29.3 Å². The first-order chi connectivity index (χ1) is 11.4. The topological polar surface area (TPSA) is 93.7 Å². The van der Waals surface area contributed by atoms with Crippen LogP contribution in [0.5, 0.6) is 0 Å². The minimum atomic E-state index is -0.463. The fourth-order valence-electron chi connectivity index (χ4n) is 2.84. The molecule has 0 radical (unpaired) electrons. The van der Waals surface area contributed by atoms with Gasteiger partial charge in [-0.1, -0.05) is 6.07 Å². The number of hydrogen-bond donors (Lipinski definition) is 2. The zero-order valence-corrected chi connectivity index (χ0v) is 14.0. The van der Waals surface area contributed by atoms with Crippen LogP contribution in [0.25, 0.3) is 0 Å². The summed E-state index contributed by atoms with van der Waals surface area (Å²) in [6.07, 6.45) is 2.00. The van der Waals surface area contributed by atoms with Crippen LogP contribution in [0.15, 0.2) is 18.2 Å². The normalized spacial score (nSPS) is 19.5. The van der Waals surface area contributed by atoms with E-state index in [0.717, 1.165) is 12.0 Å². The number of methoxy groups -OCH3 is 2. The molecule has 0 bridgehead atoms. The summed E-state index contributed by atoms with van der Waals surface area (Å²) in [7, 11) is 2.67. The van der Waals surface area contributed by atoms with Crippen molar-refractivity contribution >= 4 is 23.7 Å². The zero-order chi connectivity index (χ0) is 17.7. The predicted molar refractivity (Wildman–Crippen MR) is 87.8 cm³/mol. The van der Waals surface area contributed by atoms with Gasteiger partial charge in [0.15, 0.2) is 0 Å². The summed E-state index contributed by atoms with van der Waals surface area (Å²) in [6, 6.07) is 4.52. The fraction of sp³-hybridized carbons (Fsp3) is 0.471. The van der Waals surface area contributed by atoms with Gasteiger partial charge in [-0.3, -0.25) is 4.79 Å². The average molecular weight is 334 g/mol. The summed E-state index contributed by atoms with van der Waals surface area (Å²) in [4.78, 5) is 35.3. The summed E-state index contributed by atoms with van der Waals surface area (Å²) in [5.74, 6) is -0.860. The Morgan fingerprint density at radius 3 is 2.54 bits per heavy atom. The van der Waals surface area contributed by atoms with E-state index in [0.29, 0.717) is 24.1 Å². The van der Waals surface area contributed by atoms with Crippen molar-refractivity contribution in [1.29, 1.82) is 0 Å². The molecule has 2 N–H and O–H groups in total. The van der Waals surface area contributed by atoms with Crippen molar-refractivity contribution in [2.45, 2.75) is 32.2 Å². The number of esters is 2. The van der Waals surface area contributed by atoms with Crippen LogP contribution < -0.4 is 10.6 Å². The van der Waals surface area contributed by atoms with E-state index < -0.39 is 5.97 Å². The lowest BCUT2D eigenvalue weighted by Crippen LogP contribution is -2.37. The van der Waals surface area contributed by atoms with Crippen LogP contribution in [0.1, 0.15) is 35.2 Å². The largest absolute Gasteiger partial charge is 0.469 e. The Bertz CT molecular complexity index is 644. The van der Waals surface area contributed by atoms with Gasteiger partial charge in [-0.05, 0) is 43.9 Å². The van der Waals surface area contributed by atoms with E-state index in [9.17, 15) is 14.4 Å². The van der Waals surface area contributed by atoms with Gasteiger partial charge in [-0.25, -0.2) is 9.59 Å². The minimum absolute atomic E-state index is 0.0711. The van der Waals surface area contributed by atoms with Crippen LogP contribution in [-0.2, 0) is 14.3 Å². The molecule has 7 nitrogen and oxygen atoms in total. The number of ether oxygens (including phenoxy) is 2. The summed E-state index contributed by atoms with van der Waals surface area (Å²) in [5, 5.41) is 5.59. The molecule has 0 aliphatic heterocycles. The number of carbonyl (C=O) groups excluding carboxylic acids is 3. The lowest BCUT2D eigenvalue weighted by Gasteiger charge is -2.15. The van der Waals surface area contributed by atoms with E-state index in [2.05, 4.69) is 15.4 Å². The average Bonchev–Trinajstić information content (AvgIpc) is 3.03. The molecule has 2 atom stereocenters. The van der Waals surface area contributed by atoms with Crippen LogP contribution >= 0.6 is 0 Å². The number of nitrogens with one attached hydrogen (secondary N) is 2. The quantitative estimate of drug-likeness (QED) is 0.824. The molecule has 0 unspecified atom stereocenters. The first-order valence-electron chi connectivity index (χ1n) is 7.79. The van der Waals surface area contributed by atoms with Gasteiger partial charge in [0, 0.05) is 11.7 Å². The standard InChI is InChI=1S/C17H22N2O5/c1-10-4-5-12(16(21)24-3)9-14(10)19-17(22)18-13-7-6-11(8-13)15(20)23-2/h4-5,9,11,13H,6-8H2,1-3H3,(H2,18,19,22)/t11-,13+/m0/s1. The zero-order valence-electron chi connectivity index (χ0n) is 14.0. The maximum atomic E-state index is 12.2. The van der Waals surface area contributed by atoms with Gasteiger partial charge < -0.3 is 20.1 Å². The lowest BCUT2D eigenvalue weighted by molar-refractivity contribution is -0.145. The maximum absolute atomic E-state index is 12.2. The van der Waals surface area contributed by atoms with Crippen molar-refractivity contribution in [2.24, 2.45) is 5.92 Å². The van der Waals surface area contributed by atoms with Gasteiger partial charge in [-0.2, -0.15) is 0 Å². The number of hydrogen-bond acceptors (Lipinski definition) is 5. The Kier molecular flexibility index (Phi) is 5.78. The van der Waals surface area contributed by atoms with Gasteiger partial charge in [0.2, 0.25) is 0 Å². The van der Waals surface area contributed by atoms with E-state index in [-0.39, 0.29) is 24.0 Å². The highest BCUT2D eigenvalue weighted by atomic mass is 16.5. The van der Waals surface area contributed by atoms with Gasteiger partial charge in [-0.15, -0.1) is 0 Å². The smallest absolute Gasteiger partial charge is 0.337 e. The number of benzene rings is 1. The molecule has 130 valence electrons.